The molecule has 0 atom stereocenters. The number of aryl methyl sites for hydroxylation is 1. The van der Waals surface area contributed by atoms with E-state index in [1.165, 1.54) is 5.39 Å². The molecule has 0 aliphatic carbocycles. The Labute approximate surface area is 206 Å². The van der Waals surface area contributed by atoms with Crippen molar-refractivity contribution >= 4 is 16.9 Å². The van der Waals surface area contributed by atoms with E-state index in [1.54, 1.807) is 7.11 Å². The largest absolute Gasteiger partial charge is 0.489 e. The summed E-state index contributed by atoms with van der Waals surface area (Å²) in [5.41, 5.74) is 12.2. The highest BCUT2D eigenvalue weighted by atomic mass is 16.5. The molecule has 4 rings (SSSR count). The van der Waals surface area contributed by atoms with Gasteiger partial charge in [0.1, 0.15) is 12.4 Å². The molecule has 3 aromatic carbocycles. The van der Waals surface area contributed by atoms with Crippen LogP contribution in [0.3, 0.4) is 0 Å². The molecule has 4 aromatic rings. The second kappa shape index (κ2) is 11.7. The number of nitrogens with zero attached hydrogens (tertiary/aromatic N) is 1. The summed E-state index contributed by atoms with van der Waals surface area (Å²) in [5.74, 6) is 0.407. The number of aromatic nitrogens is 1. The van der Waals surface area contributed by atoms with Crippen LogP contribution >= 0.6 is 0 Å². The van der Waals surface area contributed by atoms with Gasteiger partial charge in [-0.25, -0.2) is 0 Å². The number of carbonyl (C=O) groups is 1. The van der Waals surface area contributed by atoms with Gasteiger partial charge < -0.3 is 24.5 Å². The standard InChI is InChI=1S/C29H32N2O4/c1-31-12-11-25-26(23-9-5-7-21(15-23)19-30)16-22(17-27(25)31)20-35-28-10-4-3-8-24(28)18-29(32)34-14-6-13-33-2/h3-5,7-12,15-17H,6,13-14,18-20,30H2,1-2H3. The number of methoxy groups -OCH3 is 1. The van der Waals surface area contributed by atoms with Crippen LogP contribution in [0.5, 0.6) is 5.75 Å². The van der Waals surface area contributed by atoms with E-state index in [1.807, 2.05) is 43.4 Å². The van der Waals surface area contributed by atoms with Crippen molar-refractivity contribution in [3.63, 3.8) is 0 Å². The lowest BCUT2D eigenvalue weighted by Crippen LogP contribution is -2.11. The number of fused-ring (bicyclic) bond motifs is 1. The minimum atomic E-state index is -0.274. The van der Waals surface area contributed by atoms with Gasteiger partial charge in [0.25, 0.3) is 0 Å². The highest BCUT2D eigenvalue weighted by molar-refractivity contribution is 5.96. The van der Waals surface area contributed by atoms with E-state index in [0.29, 0.717) is 38.5 Å². The van der Waals surface area contributed by atoms with Crippen LogP contribution < -0.4 is 10.5 Å². The van der Waals surface area contributed by atoms with Crippen molar-refractivity contribution in [1.82, 2.24) is 4.57 Å². The Kier molecular flexibility index (Phi) is 8.19. The Morgan fingerprint density at radius 1 is 0.971 bits per heavy atom. The third kappa shape index (κ3) is 6.10. The quantitative estimate of drug-likeness (QED) is 0.245. The van der Waals surface area contributed by atoms with Crippen LogP contribution in [0.15, 0.2) is 72.9 Å². The van der Waals surface area contributed by atoms with Crippen LogP contribution in [0.1, 0.15) is 23.1 Å². The lowest BCUT2D eigenvalue weighted by Gasteiger charge is -2.14. The summed E-state index contributed by atoms with van der Waals surface area (Å²) in [4.78, 5) is 12.3. The zero-order valence-electron chi connectivity index (χ0n) is 20.3. The molecule has 6 heteroatoms. The number of esters is 1. The molecule has 182 valence electrons. The highest BCUT2D eigenvalue weighted by Gasteiger charge is 2.13. The number of rotatable bonds is 11. The molecule has 0 spiro atoms. The van der Waals surface area contributed by atoms with Crippen molar-refractivity contribution in [3.05, 3.63) is 89.6 Å². The molecule has 2 N–H and O–H groups in total. The molecule has 0 unspecified atom stereocenters. The predicted molar refractivity (Wildman–Crippen MR) is 138 cm³/mol. The fourth-order valence-corrected chi connectivity index (χ4v) is 4.17. The molecule has 0 saturated heterocycles. The summed E-state index contributed by atoms with van der Waals surface area (Å²) >= 11 is 0. The molecule has 0 amide bonds. The summed E-state index contributed by atoms with van der Waals surface area (Å²) < 4.78 is 18.6. The molecule has 0 fully saturated rings. The van der Waals surface area contributed by atoms with Gasteiger partial charge in [0.15, 0.2) is 0 Å². The third-order valence-electron chi connectivity index (χ3n) is 5.99. The fourth-order valence-electron chi connectivity index (χ4n) is 4.17. The highest BCUT2D eigenvalue weighted by Crippen LogP contribution is 2.32. The van der Waals surface area contributed by atoms with Gasteiger partial charge in [0.2, 0.25) is 0 Å². The average Bonchev–Trinajstić information content (AvgIpc) is 3.26. The number of nitrogens with two attached hydrogens (primary N) is 1. The first-order valence-electron chi connectivity index (χ1n) is 11.8. The first-order valence-corrected chi connectivity index (χ1v) is 11.8. The fraction of sp³-hybridized carbons (Fsp3) is 0.276. The van der Waals surface area contributed by atoms with E-state index >= 15 is 0 Å². The van der Waals surface area contributed by atoms with Crippen LogP contribution in [0.4, 0.5) is 0 Å². The van der Waals surface area contributed by atoms with E-state index in [9.17, 15) is 4.79 Å². The number of hydrogen-bond acceptors (Lipinski definition) is 5. The molecule has 1 aromatic heterocycles. The van der Waals surface area contributed by atoms with Crippen LogP contribution in [0.2, 0.25) is 0 Å². The second-order valence-electron chi connectivity index (χ2n) is 8.55. The van der Waals surface area contributed by atoms with E-state index in [-0.39, 0.29) is 12.4 Å². The summed E-state index contributed by atoms with van der Waals surface area (Å²) in [6.07, 6.45) is 2.91. The molecule has 0 radical (unpaired) electrons. The van der Waals surface area contributed by atoms with E-state index in [0.717, 1.165) is 33.3 Å². The molecule has 0 aliphatic rings. The van der Waals surface area contributed by atoms with Gasteiger partial charge in [-0.3, -0.25) is 4.79 Å². The Morgan fingerprint density at radius 3 is 2.66 bits per heavy atom. The first kappa shape index (κ1) is 24.5. The first-order chi connectivity index (χ1) is 17.1. The summed E-state index contributed by atoms with van der Waals surface area (Å²) in [7, 11) is 3.67. The molecule has 1 heterocycles. The van der Waals surface area contributed by atoms with Crippen LogP contribution in [-0.2, 0) is 40.9 Å². The molecule has 35 heavy (non-hydrogen) atoms. The van der Waals surface area contributed by atoms with Crippen molar-refractivity contribution in [1.29, 1.82) is 0 Å². The van der Waals surface area contributed by atoms with Gasteiger partial charge in [0, 0.05) is 56.4 Å². The third-order valence-corrected chi connectivity index (χ3v) is 5.99. The maximum absolute atomic E-state index is 12.3. The lowest BCUT2D eigenvalue weighted by atomic mass is 9.97. The van der Waals surface area contributed by atoms with E-state index < -0.39 is 0 Å². The maximum atomic E-state index is 12.3. The monoisotopic (exact) mass is 472 g/mol. The normalized spacial score (nSPS) is 11.1. The number of carbonyl (C=O) groups excluding carboxylic acids is 1. The molecule has 6 nitrogen and oxygen atoms in total. The summed E-state index contributed by atoms with van der Waals surface area (Å²) in [6.45, 7) is 1.79. The minimum Gasteiger partial charge on any atom is -0.489 e. The lowest BCUT2D eigenvalue weighted by molar-refractivity contribution is -0.143. The Balaban J connectivity index is 1.54. The molecule has 0 aliphatic heterocycles. The maximum Gasteiger partial charge on any atom is 0.310 e. The van der Waals surface area contributed by atoms with E-state index in [2.05, 4.69) is 41.1 Å². The second-order valence-corrected chi connectivity index (χ2v) is 8.55. The van der Waals surface area contributed by atoms with Gasteiger partial charge in [-0.05, 0) is 52.6 Å². The number of benzene rings is 3. The number of ether oxygens (including phenoxy) is 3. The molecule has 0 saturated carbocycles. The van der Waals surface area contributed by atoms with Crippen LogP contribution in [0.25, 0.3) is 22.0 Å². The van der Waals surface area contributed by atoms with E-state index in [4.69, 9.17) is 19.9 Å². The van der Waals surface area contributed by atoms with Gasteiger partial charge >= 0.3 is 5.97 Å². The summed E-state index contributed by atoms with van der Waals surface area (Å²) in [6, 6.07) is 22.4. The van der Waals surface area contributed by atoms with Gasteiger partial charge in [-0.2, -0.15) is 0 Å². The predicted octanol–water partition coefficient (Wildman–Crippen LogP) is 5.01. The Hall–Kier alpha value is -3.61. The molecular formula is C29H32N2O4. The van der Waals surface area contributed by atoms with Crippen LogP contribution in [-0.4, -0.2) is 30.9 Å². The topological polar surface area (TPSA) is 75.7 Å². The smallest absolute Gasteiger partial charge is 0.310 e. The Morgan fingerprint density at radius 2 is 1.83 bits per heavy atom. The van der Waals surface area contributed by atoms with Gasteiger partial charge in [-0.15, -0.1) is 0 Å². The zero-order chi connectivity index (χ0) is 24.6. The van der Waals surface area contributed by atoms with Crippen molar-refractivity contribution in [3.8, 4) is 16.9 Å². The zero-order valence-corrected chi connectivity index (χ0v) is 20.3. The van der Waals surface area contributed by atoms with Crippen molar-refractivity contribution in [2.24, 2.45) is 12.8 Å². The average molecular weight is 473 g/mol. The number of hydrogen-bond donors (Lipinski definition) is 1. The molecule has 0 bridgehead atoms. The molecular weight excluding hydrogens is 440 g/mol. The van der Waals surface area contributed by atoms with Gasteiger partial charge in [-0.1, -0.05) is 36.4 Å². The minimum absolute atomic E-state index is 0.164. The Bertz CT molecular complexity index is 1300. The SMILES string of the molecule is COCCCOC(=O)Cc1ccccc1OCc1cc(-c2cccc(CN)c2)c2ccn(C)c2c1. The van der Waals surface area contributed by atoms with Crippen molar-refractivity contribution in [2.75, 3.05) is 20.3 Å². The van der Waals surface area contributed by atoms with Gasteiger partial charge in [0.05, 0.1) is 13.0 Å². The van der Waals surface area contributed by atoms with Crippen LogP contribution in [0, 0.1) is 0 Å². The van der Waals surface area contributed by atoms with Crippen molar-refractivity contribution < 1.29 is 19.0 Å². The van der Waals surface area contributed by atoms with Crippen molar-refractivity contribution in [2.45, 2.75) is 26.0 Å². The number of para-hydroxylation sites is 1. The summed E-state index contributed by atoms with van der Waals surface area (Å²) in [5, 5.41) is 1.18.